The molecule has 1 fully saturated rings. The maximum absolute atomic E-state index is 11.8. The predicted octanol–water partition coefficient (Wildman–Crippen LogP) is 1.12. The third-order valence-electron chi connectivity index (χ3n) is 3.06. The molecule has 1 rings (SSSR count). The fourth-order valence-electron chi connectivity index (χ4n) is 1.41. The van der Waals surface area contributed by atoms with Gasteiger partial charge in [0.05, 0.1) is 25.2 Å². The molecule has 1 aliphatic heterocycles. The van der Waals surface area contributed by atoms with Gasteiger partial charge in [-0.2, -0.15) is 0 Å². The molecule has 0 aliphatic carbocycles. The standard InChI is InChI=1S/C11H20O4/c1-3-11(2,8-12)10(13)15-9-4-6-14-7-5-9/h9,12H,3-8H2,1-2H3. The quantitative estimate of drug-likeness (QED) is 0.715. The van der Waals surface area contributed by atoms with E-state index >= 15 is 0 Å². The Kier molecular flexibility index (Phi) is 4.54. The summed E-state index contributed by atoms with van der Waals surface area (Å²) in [6.45, 7) is 4.75. The van der Waals surface area contributed by atoms with E-state index in [0.717, 1.165) is 12.8 Å². The first-order valence-electron chi connectivity index (χ1n) is 5.52. The summed E-state index contributed by atoms with van der Waals surface area (Å²) >= 11 is 0. The summed E-state index contributed by atoms with van der Waals surface area (Å²) in [5.74, 6) is -0.292. The number of aliphatic hydroxyl groups excluding tert-OH is 1. The number of ether oxygens (including phenoxy) is 2. The highest BCUT2D eigenvalue weighted by molar-refractivity contribution is 5.76. The van der Waals surface area contributed by atoms with Crippen molar-refractivity contribution in [2.75, 3.05) is 19.8 Å². The van der Waals surface area contributed by atoms with E-state index in [1.54, 1.807) is 6.92 Å². The molecule has 1 heterocycles. The minimum absolute atomic E-state index is 0.0383. The van der Waals surface area contributed by atoms with Gasteiger partial charge in [-0.25, -0.2) is 0 Å². The van der Waals surface area contributed by atoms with Gasteiger partial charge in [0.2, 0.25) is 0 Å². The van der Waals surface area contributed by atoms with Crippen LogP contribution < -0.4 is 0 Å². The Balaban J connectivity index is 2.45. The number of esters is 1. The molecule has 1 aliphatic rings. The SMILES string of the molecule is CCC(C)(CO)C(=O)OC1CCOCC1. The van der Waals surface area contributed by atoms with E-state index in [9.17, 15) is 4.79 Å². The van der Waals surface area contributed by atoms with Crippen LogP contribution in [-0.4, -0.2) is 37.0 Å². The Labute approximate surface area is 90.6 Å². The van der Waals surface area contributed by atoms with Crippen molar-refractivity contribution >= 4 is 5.97 Å². The van der Waals surface area contributed by atoms with Crippen molar-refractivity contribution in [3.05, 3.63) is 0 Å². The minimum atomic E-state index is -0.752. The molecular formula is C11H20O4. The molecule has 4 nitrogen and oxygen atoms in total. The van der Waals surface area contributed by atoms with Crippen molar-refractivity contribution in [1.82, 2.24) is 0 Å². The molecular weight excluding hydrogens is 196 g/mol. The molecule has 0 radical (unpaired) electrons. The number of carbonyl (C=O) groups is 1. The smallest absolute Gasteiger partial charge is 0.314 e. The van der Waals surface area contributed by atoms with E-state index in [0.29, 0.717) is 19.6 Å². The van der Waals surface area contributed by atoms with Crippen LogP contribution in [-0.2, 0) is 14.3 Å². The first kappa shape index (κ1) is 12.5. The summed E-state index contributed by atoms with van der Waals surface area (Å²) < 4.78 is 10.5. The Morgan fingerprint density at radius 3 is 2.60 bits per heavy atom. The number of rotatable bonds is 4. The lowest BCUT2D eigenvalue weighted by Crippen LogP contribution is -2.37. The summed E-state index contributed by atoms with van der Waals surface area (Å²) in [7, 11) is 0. The molecule has 0 amide bonds. The van der Waals surface area contributed by atoms with Crippen molar-refractivity contribution in [1.29, 1.82) is 0 Å². The van der Waals surface area contributed by atoms with Crippen LogP contribution in [0.5, 0.6) is 0 Å². The number of hydrogen-bond donors (Lipinski definition) is 1. The first-order valence-corrected chi connectivity index (χ1v) is 5.52. The fourth-order valence-corrected chi connectivity index (χ4v) is 1.41. The van der Waals surface area contributed by atoms with Gasteiger partial charge in [-0.3, -0.25) is 4.79 Å². The van der Waals surface area contributed by atoms with Gasteiger partial charge in [0.15, 0.2) is 0 Å². The molecule has 0 aromatic rings. The van der Waals surface area contributed by atoms with Crippen LogP contribution in [0.4, 0.5) is 0 Å². The van der Waals surface area contributed by atoms with Gasteiger partial charge >= 0.3 is 5.97 Å². The van der Waals surface area contributed by atoms with Gasteiger partial charge in [0.1, 0.15) is 6.10 Å². The van der Waals surface area contributed by atoms with E-state index in [1.165, 1.54) is 0 Å². The van der Waals surface area contributed by atoms with Crippen LogP contribution >= 0.6 is 0 Å². The molecule has 0 bridgehead atoms. The molecule has 0 saturated carbocycles. The predicted molar refractivity (Wildman–Crippen MR) is 55.4 cm³/mol. The Morgan fingerprint density at radius 2 is 2.13 bits per heavy atom. The number of aliphatic hydroxyl groups is 1. The maximum Gasteiger partial charge on any atom is 0.314 e. The van der Waals surface area contributed by atoms with Crippen molar-refractivity contribution in [3.8, 4) is 0 Å². The largest absolute Gasteiger partial charge is 0.462 e. The lowest BCUT2D eigenvalue weighted by Gasteiger charge is -2.28. The van der Waals surface area contributed by atoms with Gasteiger partial charge < -0.3 is 14.6 Å². The molecule has 0 spiro atoms. The highest BCUT2D eigenvalue weighted by Gasteiger charge is 2.34. The Bertz CT molecular complexity index is 205. The molecule has 15 heavy (non-hydrogen) atoms. The van der Waals surface area contributed by atoms with Crippen molar-refractivity contribution in [2.45, 2.75) is 39.2 Å². The van der Waals surface area contributed by atoms with E-state index in [1.807, 2.05) is 6.92 Å². The summed E-state index contributed by atoms with van der Waals surface area (Å²) in [6.07, 6.45) is 2.07. The third kappa shape index (κ3) is 3.18. The van der Waals surface area contributed by atoms with Crippen molar-refractivity contribution in [3.63, 3.8) is 0 Å². The Hall–Kier alpha value is -0.610. The van der Waals surface area contributed by atoms with Crippen LogP contribution in [0.1, 0.15) is 33.1 Å². The average molecular weight is 216 g/mol. The second kappa shape index (κ2) is 5.47. The van der Waals surface area contributed by atoms with Gasteiger partial charge in [-0.15, -0.1) is 0 Å². The molecule has 1 N–H and O–H groups in total. The highest BCUT2D eigenvalue weighted by Crippen LogP contribution is 2.24. The van der Waals surface area contributed by atoms with Crippen molar-refractivity contribution in [2.24, 2.45) is 5.41 Å². The molecule has 0 aromatic carbocycles. The summed E-state index contributed by atoms with van der Waals surface area (Å²) in [5.41, 5.74) is -0.752. The van der Waals surface area contributed by atoms with Crippen LogP contribution in [0, 0.1) is 5.41 Å². The van der Waals surface area contributed by atoms with E-state index in [4.69, 9.17) is 14.6 Å². The molecule has 1 atom stereocenters. The van der Waals surface area contributed by atoms with Gasteiger partial charge in [0.25, 0.3) is 0 Å². The molecule has 88 valence electrons. The normalized spacial score (nSPS) is 22.1. The second-order valence-electron chi connectivity index (χ2n) is 4.29. The van der Waals surface area contributed by atoms with E-state index in [2.05, 4.69) is 0 Å². The first-order chi connectivity index (χ1) is 7.12. The number of carbonyl (C=O) groups excluding carboxylic acids is 1. The third-order valence-corrected chi connectivity index (χ3v) is 3.06. The molecule has 4 heteroatoms. The molecule has 1 saturated heterocycles. The van der Waals surface area contributed by atoms with Crippen LogP contribution in [0.2, 0.25) is 0 Å². The monoisotopic (exact) mass is 216 g/mol. The van der Waals surface area contributed by atoms with Gasteiger partial charge in [0, 0.05) is 12.8 Å². The number of hydrogen-bond acceptors (Lipinski definition) is 4. The minimum Gasteiger partial charge on any atom is -0.462 e. The lowest BCUT2D eigenvalue weighted by molar-refractivity contribution is -0.167. The molecule has 0 aromatic heterocycles. The zero-order chi connectivity index (χ0) is 11.3. The van der Waals surface area contributed by atoms with Crippen LogP contribution in [0.3, 0.4) is 0 Å². The topological polar surface area (TPSA) is 55.8 Å². The van der Waals surface area contributed by atoms with Gasteiger partial charge in [-0.05, 0) is 13.3 Å². The fraction of sp³-hybridized carbons (Fsp3) is 0.909. The van der Waals surface area contributed by atoms with Crippen molar-refractivity contribution < 1.29 is 19.4 Å². The zero-order valence-electron chi connectivity index (χ0n) is 9.49. The van der Waals surface area contributed by atoms with E-state index in [-0.39, 0.29) is 18.7 Å². The lowest BCUT2D eigenvalue weighted by atomic mass is 9.89. The maximum atomic E-state index is 11.8. The summed E-state index contributed by atoms with van der Waals surface area (Å²) in [4.78, 5) is 11.8. The van der Waals surface area contributed by atoms with Gasteiger partial charge in [-0.1, -0.05) is 6.92 Å². The second-order valence-corrected chi connectivity index (χ2v) is 4.29. The Morgan fingerprint density at radius 1 is 1.53 bits per heavy atom. The van der Waals surface area contributed by atoms with E-state index < -0.39 is 5.41 Å². The zero-order valence-corrected chi connectivity index (χ0v) is 9.49. The molecule has 1 unspecified atom stereocenters. The summed E-state index contributed by atoms with van der Waals surface area (Å²) in [6, 6.07) is 0. The highest BCUT2D eigenvalue weighted by atomic mass is 16.6. The average Bonchev–Trinajstić information content (AvgIpc) is 2.29. The van der Waals surface area contributed by atoms with Crippen LogP contribution in [0.25, 0.3) is 0 Å². The summed E-state index contributed by atoms with van der Waals surface area (Å²) in [5, 5.41) is 9.16. The van der Waals surface area contributed by atoms with Crippen LogP contribution in [0.15, 0.2) is 0 Å².